The van der Waals surface area contributed by atoms with Gasteiger partial charge in [-0.2, -0.15) is 0 Å². The van der Waals surface area contributed by atoms with Crippen molar-refractivity contribution in [1.82, 2.24) is 0 Å². The van der Waals surface area contributed by atoms with Crippen molar-refractivity contribution in [3.63, 3.8) is 0 Å². The molecule has 0 radical (unpaired) electrons. The molecule has 5 fully saturated rings. The maximum Gasteiger partial charge on any atom is 0.338 e. The molecule has 0 heterocycles. The Labute approximate surface area is 147 Å². The third kappa shape index (κ3) is 2.74. The van der Waals surface area contributed by atoms with Gasteiger partial charge in [-0.25, -0.2) is 9.18 Å². The van der Waals surface area contributed by atoms with Crippen molar-refractivity contribution in [1.29, 1.82) is 0 Å². The lowest BCUT2D eigenvalue weighted by atomic mass is 9.50. The summed E-state index contributed by atoms with van der Waals surface area (Å²) in [4.78, 5) is 11.2. The topological polar surface area (TPSA) is 46.5 Å². The molecule has 4 heteroatoms. The van der Waals surface area contributed by atoms with E-state index >= 15 is 0 Å². The van der Waals surface area contributed by atoms with Crippen LogP contribution in [0.4, 0.5) is 4.39 Å². The lowest BCUT2D eigenvalue weighted by Crippen LogP contribution is -2.48. The van der Waals surface area contributed by atoms with E-state index in [4.69, 9.17) is 4.74 Å². The number of carbonyl (C=O) groups is 1. The van der Waals surface area contributed by atoms with Gasteiger partial charge in [-0.15, -0.1) is 0 Å². The van der Waals surface area contributed by atoms with Gasteiger partial charge in [-0.1, -0.05) is 0 Å². The number of hydrogen-bond acceptors (Lipinski definition) is 2. The van der Waals surface area contributed by atoms with E-state index in [-0.39, 0.29) is 11.0 Å². The molecule has 1 N–H and O–H groups in total. The van der Waals surface area contributed by atoms with Crippen LogP contribution in [0.2, 0.25) is 0 Å². The fraction of sp³-hybridized carbons (Fsp3) is 0.667. The highest BCUT2D eigenvalue weighted by Crippen LogP contribution is 2.60. The molecule has 0 unspecified atom stereocenters. The molecule has 4 bridgehead atoms. The Hall–Kier alpha value is -1.58. The molecule has 0 atom stereocenters. The van der Waals surface area contributed by atoms with E-state index in [0.717, 1.165) is 36.2 Å². The number of carboxylic acids is 1. The lowest BCUT2D eigenvalue weighted by molar-refractivity contribution is -0.0747. The van der Waals surface area contributed by atoms with Crippen LogP contribution in [0.15, 0.2) is 12.1 Å². The van der Waals surface area contributed by atoms with Crippen LogP contribution in [-0.4, -0.2) is 17.7 Å². The second-order valence-electron chi connectivity index (χ2n) is 9.16. The highest BCUT2D eigenvalue weighted by Gasteiger charge is 2.51. The molecule has 6 rings (SSSR count). The van der Waals surface area contributed by atoms with Gasteiger partial charge in [0, 0.05) is 11.5 Å². The largest absolute Gasteiger partial charge is 0.493 e. The molecule has 134 valence electrons. The van der Waals surface area contributed by atoms with Crippen molar-refractivity contribution in [3.8, 4) is 5.75 Å². The van der Waals surface area contributed by atoms with Crippen LogP contribution < -0.4 is 4.74 Å². The van der Waals surface area contributed by atoms with Crippen molar-refractivity contribution in [3.05, 3.63) is 29.1 Å². The summed E-state index contributed by atoms with van der Waals surface area (Å²) >= 11 is 0. The van der Waals surface area contributed by atoms with E-state index in [1.807, 2.05) is 0 Å². The zero-order valence-electron chi connectivity index (χ0n) is 14.5. The standard InChI is InChI=1S/C21H25FO3/c22-18-7-19(16(15-1-2-15)6-17(18)20(23)24)25-11-21-8-12-3-13(9-21)5-14(4-12)10-21/h6-7,12-15H,1-5,8-11H2,(H,23,24). The van der Waals surface area contributed by atoms with Gasteiger partial charge in [-0.05, 0) is 86.7 Å². The minimum absolute atomic E-state index is 0.232. The van der Waals surface area contributed by atoms with Crippen molar-refractivity contribution in [2.75, 3.05) is 6.61 Å². The van der Waals surface area contributed by atoms with E-state index in [9.17, 15) is 14.3 Å². The van der Waals surface area contributed by atoms with Crippen LogP contribution >= 0.6 is 0 Å². The maximum absolute atomic E-state index is 14.2. The molecule has 0 spiro atoms. The minimum atomic E-state index is -1.20. The summed E-state index contributed by atoms with van der Waals surface area (Å²) in [7, 11) is 0. The molecule has 1 aromatic carbocycles. The van der Waals surface area contributed by atoms with E-state index in [1.54, 1.807) is 0 Å². The summed E-state index contributed by atoms with van der Waals surface area (Å²) in [5, 5.41) is 9.19. The molecule has 5 saturated carbocycles. The lowest BCUT2D eigenvalue weighted by Gasteiger charge is -2.56. The van der Waals surface area contributed by atoms with Gasteiger partial charge < -0.3 is 9.84 Å². The number of hydrogen-bond donors (Lipinski definition) is 1. The predicted molar refractivity (Wildman–Crippen MR) is 91.4 cm³/mol. The van der Waals surface area contributed by atoms with Gasteiger partial charge in [0.05, 0.1) is 12.2 Å². The Morgan fingerprint density at radius 3 is 2.24 bits per heavy atom. The zero-order valence-corrected chi connectivity index (χ0v) is 14.5. The molecule has 5 aliphatic carbocycles. The minimum Gasteiger partial charge on any atom is -0.493 e. The molecular weight excluding hydrogens is 319 g/mol. The maximum atomic E-state index is 14.2. The molecule has 25 heavy (non-hydrogen) atoms. The summed E-state index contributed by atoms with van der Waals surface area (Å²) in [6, 6.07) is 2.82. The van der Waals surface area contributed by atoms with E-state index in [2.05, 4.69) is 0 Å². The Morgan fingerprint density at radius 2 is 1.72 bits per heavy atom. The quantitative estimate of drug-likeness (QED) is 0.818. The molecule has 0 amide bonds. The number of benzene rings is 1. The summed E-state index contributed by atoms with van der Waals surface area (Å²) in [6.07, 6.45) is 10.0. The van der Waals surface area contributed by atoms with Crippen LogP contribution in [0.5, 0.6) is 5.75 Å². The van der Waals surface area contributed by atoms with Crippen molar-refractivity contribution < 1.29 is 19.0 Å². The fourth-order valence-corrected chi connectivity index (χ4v) is 6.27. The third-order valence-corrected chi connectivity index (χ3v) is 7.05. The Bertz CT molecular complexity index is 687. The van der Waals surface area contributed by atoms with Gasteiger partial charge in [0.2, 0.25) is 0 Å². The summed E-state index contributed by atoms with van der Waals surface area (Å²) in [5.41, 5.74) is 0.935. The molecule has 5 aliphatic rings. The van der Waals surface area contributed by atoms with Crippen molar-refractivity contribution >= 4 is 5.97 Å². The first kappa shape index (κ1) is 15.7. The van der Waals surface area contributed by atoms with Crippen LogP contribution in [0, 0.1) is 29.0 Å². The number of rotatable bonds is 5. The second kappa shape index (κ2) is 5.46. The molecule has 1 aromatic rings. The van der Waals surface area contributed by atoms with E-state index in [0.29, 0.717) is 18.3 Å². The van der Waals surface area contributed by atoms with Crippen LogP contribution in [0.1, 0.15) is 73.2 Å². The number of aromatic carboxylic acids is 1. The number of ether oxygens (including phenoxy) is 1. The summed E-state index contributed by atoms with van der Waals surface area (Å²) in [6.45, 7) is 0.669. The summed E-state index contributed by atoms with van der Waals surface area (Å²) in [5.74, 6) is 1.63. The second-order valence-corrected chi connectivity index (χ2v) is 9.16. The normalized spacial score (nSPS) is 35.8. The summed E-state index contributed by atoms with van der Waals surface area (Å²) < 4.78 is 20.4. The monoisotopic (exact) mass is 344 g/mol. The smallest absolute Gasteiger partial charge is 0.338 e. The van der Waals surface area contributed by atoms with Crippen LogP contribution in [0.3, 0.4) is 0 Å². The first-order chi connectivity index (χ1) is 12.0. The van der Waals surface area contributed by atoms with Gasteiger partial charge >= 0.3 is 5.97 Å². The predicted octanol–water partition coefficient (Wildman–Crippen LogP) is 5.00. The third-order valence-electron chi connectivity index (χ3n) is 7.05. The molecule has 0 aliphatic heterocycles. The van der Waals surface area contributed by atoms with Crippen LogP contribution in [0.25, 0.3) is 0 Å². The van der Waals surface area contributed by atoms with E-state index in [1.165, 1.54) is 50.7 Å². The average Bonchev–Trinajstić information content (AvgIpc) is 3.36. The molecule has 3 nitrogen and oxygen atoms in total. The van der Waals surface area contributed by atoms with Gasteiger partial charge in [0.15, 0.2) is 0 Å². The Kier molecular flexibility index (Phi) is 3.42. The van der Waals surface area contributed by atoms with Gasteiger partial charge in [0.1, 0.15) is 11.6 Å². The zero-order chi connectivity index (χ0) is 17.2. The highest BCUT2D eigenvalue weighted by atomic mass is 19.1. The Balaban J connectivity index is 1.39. The fourth-order valence-electron chi connectivity index (χ4n) is 6.27. The van der Waals surface area contributed by atoms with E-state index < -0.39 is 11.8 Å². The number of halogens is 1. The first-order valence-corrected chi connectivity index (χ1v) is 9.71. The molecular formula is C21H25FO3. The van der Waals surface area contributed by atoms with Crippen molar-refractivity contribution in [2.24, 2.45) is 23.2 Å². The molecule has 0 aromatic heterocycles. The first-order valence-electron chi connectivity index (χ1n) is 9.71. The van der Waals surface area contributed by atoms with Crippen LogP contribution in [-0.2, 0) is 0 Å². The average molecular weight is 344 g/mol. The SMILES string of the molecule is O=C(O)c1cc(C2CC2)c(OCC23CC4CC(CC(C4)C2)C3)cc1F. The molecule has 0 saturated heterocycles. The van der Waals surface area contributed by atoms with Gasteiger partial charge in [0.25, 0.3) is 0 Å². The Morgan fingerprint density at radius 1 is 1.12 bits per heavy atom. The number of carboxylic acid groups (broad SMARTS) is 1. The van der Waals surface area contributed by atoms with Crippen molar-refractivity contribution in [2.45, 2.75) is 57.3 Å². The highest BCUT2D eigenvalue weighted by molar-refractivity contribution is 5.88. The van der Waals surface area contributed by atoms with Gasteiger partial charge in [-0.3, -0.25) is 0 Å².